The van der Waals surface area contributed by atoms with Crippen LogP contribution < -0.4 is 5.32 Å². The highest BCUT2D eigenvalue weighted by Crippen LogP contribution is 2.44. The van der Waals surface area contributed by atoms with Gasteiger partial charge < -0.3 is 20.1 Å². The molecule has 0 heterocycles. The number of nitrogens with zero attached hydrogens (tertiary/aromatic N) is 1. The first kappa shape index (κ1) is 25.1. The number of nitrogens with one attached hydrogen (secondary N) is 1. The Labute approximate surface area is 194 Å². The smallest absolute Gasteiger partial charge is 0.407 e. The van der Waals surface area contributed by atoms with Crippen molar-refractivity contribution < 1.29 is 37.4 Å². The lowest BCUT2D eigenvalue weighted by atomic mass is 9.98. The van der Waals surface area contributed by atoms with Gasteiger partial charge in [0, 0.05) is 12.0 Å². The lowest BCUT2D eigenvalue weighted by Gasteiger charge is -2.31. The lowest BCUT2D eigenvalue weighted by molar-refractivity contribution is -0.166. The number of carboxylic acid groups (broad SMARTS) is 1. The zero-order valence-electron chi connectivity index (χ0n) is 18.6. The van der Waals surface area contributed by atoms with E-state index in [9.17, 15) is 27.6 Å². The molecule has 0 radical (unpaired) electrons. The van der Waals surface area contributed by atoms with Gasteiger partial charge in [-0.1, -0.05) is 48.5 Å². The molecule has 2 N–H and O–H groups in total. The second-order valence-corrected chi connectivity index (χ2v) is 8.30. The summed E-state index contributed by atoms with van der Waals surface area (Å²) < 4.78 is 44.1. The SMILES string of the molecule is CC(C)N(CC(F)(F)F)C(=O)C(CC(=O)O)NC(=O)OCC1c2ccccc2-c2ccccc21. The van der Waals surface area contributed by atoms with Crippen LogP contribution in [0, 0.1) is 0 Å². The summed E-state index contributed by atoms with van der Waals surface area (Å²) in [6.45, 7) is 1.08. The third-order valence-electron chi connectivity index (χ3n) is 5.57. The van der Waals surface area contributed by atoms with Crippen molar-refractivity contribution >= 4 is 18.0 Å². The van der Waals surface area contributed by atoms with Crippen LogP contribution in [0.15, 0.2) is 48.5 Å². The minimum atomic E-state index is -4.68. The van der Waals surface area contributed by atoms with Crippen LogP contribution in [0.4, 0.5) is 18.0 Å². The maximum atomic E-state index is 12.9. The molecule has 182 valence electrons. The number of alkyl halides is 3. The molecule has 10 heteroatoms. The first-order valence-electron chi connectivity index (χ1n) is 10.7. The zero-order chi connectivity index (χ0) is 25.0. The van der Waals surface area contributed by atoms with E-state index in [1.165, 1.54) is 13.8 Å². The summed E-state index contributed by atoms with van der Waals surface area (Å²) in [5, 5.41) is 11.3. The van der Waals surface area contributed by atoms with Crippen LogP contribution in [0.25, 0.3) is 11.1 Å². The Morgan fingerprint density at radius 2 is 1.56 bits per heavy atom. The summed E-state index contributed by atoms with van der Waals surface area (Å²) in [4.78, 5) is 36.9. The highest BCUT2D eigenvalue weighted by molar-refractivity contribution is 5.89. The summed E-state index contributed by atoms with van der Waals surface area (Å²) >= 11 is 0. The zero-order valence-corrected chi connectivity index (χ0v) is 18.6. The quantitative estimate of drug-likeness (QED) is 0.594. The Morgan fingerprint density at radius 1 is 1.03 bits per heavy atom. The number of amides is 2. The van der Waals surface area contributed by atoms with Crippen molar-refractivity contribution in [1.29, 1.82) is 0 Å². The van der Waals surface area contributed by atoms with E-state index >= 15 is 0 Å². The molecule has 2 aromatic rings. The number of fused-ring (bicyclic) bond motifs is 3. The van der Waals surface area contributed by atoms with Crippen molar-refractivity contribution in [1.82, 2.24) is 10.2 Å². The number of carbonyl (C=O) groups excluding carboxylic acids is 2. The van der Waals surface area contributed by atoms with Gasteiger partial charge in [-0.3, -0.25) is 9.59 Å². The number of rotatable bonds is 8. The van der Waals surface area contributed by atoms with E-state index in [4.69, 9.17) is 9.84 Å². The molecular weight excluding hydrogens is 453 g/mol. The van der Waals surface area contributed by atoms with Crippen molar-refractivity contribution in [3.05, 3.63) is 59.7 Å². The Kier molecular flexibility index (Phi) is 7.48. The molecule has 1 aliphatic rings. The van der Waals surface area contributed by atoms with Crippen LogP contribution in [-0.4, -0.2) is 59.4 Å². The number of benzene rings is 2. The van der Waals surface area contributed by atoms with E-state index in [0.29, 0.717) is 4.90 Å². The van der Waals surface area contributed by atoms with Gasteiger partial charge in [0.1, 0.15) is 19.2 Å². The minimum absolute atomic E-state index is 0.0930. The van der Waals surface area contributed by atoms with Crippen molar-refractivity contribution in [2.24, 2.45) is 0 Å². The molecule has 2 aromatic carbocycles. The molecule has 0 aromatic heterocycles. The number of aliphatic carboxylic acids is 1. The molecule has 0 fully saturated rings. The predicted octanol–water partition coefficient (Wildman–Crippen LogP) is 4.17. The molecule has 0 saturated heterocycles. The van der Waals surface area contributed by atoms with E-state index in [-0.39, 0.29) is 12.5 Å². The van der Waals surface area contributed by atoms with Gasteiger partial charge in [0.05, 0.1) is 6.42 Å². The summed E-state index contributed by atoms with van der Waals surface area (Å²) in [5.74, 6) is -2.87. The molecular formula is C24H25F3N2O5. The van der Waals surface area contributed by atoms with Crippen LogP contribution >= 0.6 is 0 Å². The summed E-state index contributed by atoms with van der Waals surface area (Å²) in [6.07, 6.45) is -6.65. The molecule has 7 nitrogen and oxygen atoms in total. The number of hydrogen-bond acceptors (Lipinski definition) is 4. The Morgan fingerprint density at radius 3 is 2.03 bits per heavy atom. The number of alkyl carbamates (subject to hydrolysis) is 1. The Bertz CT molecular complexity index is 1030. The standard InChI is InChI=1S/C24H25F3N2O5/c1-14(2)29(13-24(25,26)27)22(32)20(11-21(30)31)28-23(33)34-12-19-17-9-5-3-7-15(17)16-8-4-6-10-18(16)19/h3-10,14,19-20H,11-13H2,1-2H3,(H,28,33)(H,30,31). The second kappa shape index (κ2) is 10.1. The normalized spacial score (nSPS) is 13.7. The molecule has 1 atom stereocenters. The van der Waals surface area contributed by atoms with Crippen molar-refractivity contribution in [3.8, 4) is 11.1 Å². The van der Waals surface area contributed by atoms with E-state index in [2.05, 4.69) is 5.32 Å². The summed E-state index contributed by atoms with van der Waals surface area (Å²) in [7, 11) is 0. The largest absolute Gasteiger partial charge is 0.481 e. The van der Waals surface area contributed by atoms with E-state index in [1.54, 1.807) is 0 Å². The van der Waals surface area contributed by atoms with Crippen molar-refractivity contribution in [2.75, 3.05) is 13.2 Å². The highest BCUT2D eigenvalue weighted by Gasteiger charge is 2.38. The molecule has 0 bridgehead atoms. The number of hydrogen-bond donors (Lipinski definition) is 2. The molecule has 34 heavy (non-hydrogen) atoms. The highest BCUT2D eigenvalue weighted by atomic mass is 19.4. The van der Waals surface area contributed by atoms with Gasteiger partial charge in [-0.15, -0.1) is 0 Å². The van der Waals surface area contributed by atoms with Gasteiger partial charge in [0.2, 0.25) is 5.91 Å². The summed E-state index contributed by atoms with van der Waals surface area (Å²) in [5.41, 5.74) is 3.91. The molecule has 2 amide bonds. The monoisotopic (exact) mass is 478 g/mol. The van der Waals surface area contributed by atoms with Crippen molar-refractivity contribution in [2.45, 2.75) is 44.4 Å². The van der Waals surface area contributed by atoms with Crippen LogP contribution in [0.3, 0.4) is 0 Å². The van der Waals surface area contributed by atoms with Gasteiger partial charge in [0.25, 0.3) is 0 Å². The van der Waals surface area contributed by atoms with Crippen LogP contribution in [0.2, 0.25) is 0 Å². The van der Waals surface area contributed by atoms with E-state index < -0.39 is 49.2 Å². The fourth-order valence-electron chi connectivity index (χ4n) is 4.07. The maximum absolute atomic E-state index is 12.9. The number of carbonyl (C=O) groups is 3. The molecule has 0 saturated carbocycles. The average molecular weight is 478 g/mol. The van der Waals surface area contributed by atoms with Gasteiger partial charge in [-0.05, 0) is 36.1 Å². The first-order chi connectivity index (χ1) is 16.0. The van der Waals surface area contributed by atoms with E-state index in [0.717, 1.165) is 22.3 Å². The topological polar surface area (TPSA) is 95.9 Å². The second-order valence-electron chi connectivity index (χ2n) is 8.30. The molecule has 0 spiro atoms. The maximum Gasteiger partial charge on any atom is 0.407 e. The summed E-state index contributed by atoms with van der Waals surface area (Å²) in [6, 6.07) is 12.7. The van der Waals surface area contributed by atoms with Gasteiger partial charge in [-0.2, -0.15) is 13.2 Å². The third-order valence-corrected chi connectivity index (χ3v) is 5.57. The van der Waals surface area contributed by atoms with Crippen LogP contribution in [0.1, 0.15) is 37.3 Å². The molecule has 1 unspecified atom stereocenters. The van der Waals surface area contributed by atoms with Gasteiger partial charge >= 0.3 is 18.2 Å². The number of halogens is 3. The molecule has 0 aliphatic heterocycles. The van der Waals surface area contributed by atoms with Gasteiger partial charge in [-0.25, -0.2) is 4.79 Å². The molecule has 1 aliphatic carbocycles. The predicted molar refractivity (Wildman–Crippen MR) is 117 cm³/mol. The van der Waals surface area contributed by atoms with Crippen LogP contribution in [0.5, 0.6) is 0 Å². The lowest BCUT2D eigenvalue weighted by Crippen LogP contribution is -2.53. The Balaban J connectivity index is 1.72. The fourth-order valence-corrected chi connectivity index (χ4v) is 4.07. The average Bonchev–Trinajstić information content (AvgIpc) is 3.08. The fraction of sp³-hybridized carbons (Fsp3) is 0.375. The number of ether oxygens (including phenoxy) is 1. The Hall–Kier alpha value is -3.56. The van der Waals surface area contributed by atoms with Crippen molar-refractivity contribution in [3.63, 3.8) is 0 Å². The minimum Gasteiger partial charge on any atom is -0.481 e. The van der Waals surface area contributed by atoms with Gasteiger partial charge in [0.15, 0.2) is 0 Å². The molecule has 3 rings (SSSR count). The number of carboxylic acids is 1. The van der Waals surface area contributed by atoms with E-state index in [1.807, 2.05) is 48.5 Å². The third kappa shape index (κ3) is 5.86. The first-order valence-corrected chi connectivity index (χ1v) is 10.7. The van der Waals surface area contributed by atoms with Crippen LogP contribution in [-0.2, 0) is 14.3 Å².